The molecule has 0 fully saturated rings. The maximum absolute atomic E-state index is 12.4. The summed E-state index contributed by atoms with van der Waals surface area (Å²) >= 11 is 0. The summed E-state index contributed by atoms with van der Waals surface area (Å²) in [7, 11) is -3.63. The topological polar surface area (TPSA) is 86.2 Å². The van der Waals surface area contributed by atoms with Gasteiger partial charge in [0.2, 0.25) is 9.84 Å². The van der Waals surface area contributed by atoms with E-state index in [1.54, 1.807) is 24.3 Å². The second-order valence-corrected chi connectivity index (χ2v) is 6.76. The SMILES string of the molecule is Cc1ccccc1CS(=O)(=O)c1nc2ccc(N)cc2o1. The van der Waals surface area contributed by atoms with Crippen LogP contribution in [0.4, 0.5) is 5.69 Å². The molecule has 0 atom stereocenters. The Bertz CT molecular complexity index is 914. The number of hydrogen-bond acceptors (Lipinski definition) is 5. The summed E-state index contributed by atoms with van der Waals surface area (Å²) in [6.07, 6.45) is 0. The van der Waals surface area contributed by atoms with Gasteiger partial charge in [-0.2, -0.15) is 4.98 Å². The first-order chi connectivity index (χ1) is 9.95. The summed E-state index contributed by atoms with van der Waals surface area (Å²) in [6.45, 7) is 1.87. The Morgan fingerprint density at radius 1 is 1.19 bits per heavy atom. The molecular formula is C15H14N2O3S. The Labute approximate surface area is 122 Å². The molecule has 6 heteroatoms. The first-order valence-corrected chi connectivity index (χ1v) is 8.04. The van der Waals surface area contributed by atoms with Gasteiger partial charge in [-0.3, -0.25) is 0 Å². The lowest BCUT2D eigenvalue weighted by Crippen LogP contribution is -2.06. The van der Waals surface area contributed by atoms with Crippen molar-refractivity contribution in [3.05, 3.63) is 53.6 Å². The number of sulfone groups is 1. The zero-order valence-corrected chi connectivity index (χ0v) is 12.2. The van der Waals surface area contributed by atoms with E-state index in [4.69, 9.17) is 10.2 Å². The summed E-state index contributed by atoms with van der Waals surface area (Å²) in [4.78, 5) is 4.04. The Morgan fingerprint density at radius 2 is 1.95 bits per heavy atom. The fraction of sp³-hybridized carbons (Fsp3) is 0.133. The molecular weight excluding hydrogens is 288 g/mol. The van der Waals surface area contributed by atoms with Crippen LogP contribution in [0.2, 0.25) is 0 Å². The quantitative estimate of drug-likeness (QED) is 0.752. The van der Waals surface area contributed by atoms with Gasteiger partial charge in [-0.05, 0) is 30.2 Å². The van der Waals surface area contributed by atoms with Gasteiger partial charge in [0.1, 0.15) is 5.52 Å². The lowest BCUT2D eigenvalue weighted by Gasteiger charge is -2.03. The van der Waals surface area contributed by atoms with Crippen LogP contribution in [-0.4, -0.2) is 13.4 Å². The van der Waals surface area contributed by atoms with Crippen LogP contribution in [0.15, 0.2) is 52.1 Å². The van der Waals surface area contributed by atoms with Crippen molar-refractivity contribution in [2.45, 2.75) is 17.9 Å². The molecule has 1 aromatic heterocycles. The number of oxazole rings is 1. The highest BCUT2D eigenvalue weighted by atomic mass is 32.2. The molecule has 0 aliphatic heterocycles. The maximum atomic E-state index is 12.4. The average Bonchev–Trinajstić information content (AvgIpc) is 2.85. The van der Waals surface area contributed by atoms with Crippen LogP contribution < -0.4 is 5.73 Å². The van der Waals surface area contributed by atoms with Crippen LogP contribution >= 0.6 is 0 Å². The summed E-state index contributed by atoms with van der Waals surface area (Å²) in [5.74, 6) is -0.137. The van der Waals surface area contributed by atoms with E-state index in [2.05, 4.69) is 4.98 Å². The first kappa shape index (κ1) is 13.6. The zero-order chi connectivity index (χ0) is 15.0. The number of nitrogens with two attached hydrogens (primary N) is 1. The number of anilines is 1. The highest BCUT2D eigenvalue weighted by Crippen LogP contribution is 2.24. The third kappa shape index (κ3) is 2.62. The molecule has 108 valence electrons. The zero-order valence-electron chi connectivity index (χ0n) is 11.4. The van der Waals surface area contributed by atoms with E-state index in [1.165, 1.54) is 0 Å². The molecule has 0 saturated heterocycles. The number of nitrogens with zero attached hydrogens (tertiary/aromatic N) is 1. The summed E-state index contributed by atoms with van der Waals surface area (Å²) in [5.41, 5.74) is 8.66. The maximum Gasteiger partial charge on any atom is 0.316 e. The van der Waals surface area contributed by atoms with Gasteiger partial charge < -0.3 is 10.2 Å². The van der Waals surface area contributed by atoms with Crippen molar-refractivity contribution < 1.29 is 12.8 Å². The van der Waals surface area contributed by atoms with Crippen LogP contribution in [0.25, 0.3) is 11.1 Å². The molecule has 3 rings (SSSR count). The minimum atomic E-state index is -3.63. The normalized spacial score (nSPS) is 11.9. The minimum absolute atomic E-state index is 0.137. The minimum Gasteiger partial charge on any atom is -0.428 e. The van der Waals surface area contributed by atoms with Gasteiger partial charge in [0.05, 0.1) is 5.75 Å². The Hall–Kier alpha value is -2.34. The van der Waals surface area contributed by atoms with Gasteiger partial charge in [-0.15, -0.1) is 0 Å². The molecule has 2 aromatic carbocycles. The van der Waals surface area contributed by atoms with Crippen molar-refractivity contribution >= 4 is 26.6 Å². The van der Waals surface area contributed by atoms with Crippen molar-refractivity contribution in [1.29, 1.82) is 0 Å². The third-order valence-corrected chi connectivity index (χ3v) is 4.66. The number of hydrogen-bond donors (Lipinski definition) is 1. The molecule has 5 nitrogen and oxygen atoms in total. The molecule has 0 saturated carbocycles. The van der Waals surface area contributed by atoms with Crippen LogP contribution in [-0.2, 0) is 15.6 Å². The molecule has 0 bridgehead atoms. The van der Waals surface area contributed by atoms with E-state index < -0.39 is 9.84 Å². The lowest BCUT2D eigenvalue weighted by atomic mass is 10.1. The monoisotopic (exact) mass is 302 g/mol. The van der Waals surface area contributed by atoms with Crippen molar-refractivity contribution in [3.8, 4) is 0 Å². The molecule has 0 aliphatic carbocycles. The highest BCUT2D eigenvalue weighted by molar-refractivity contribution is 7.90. The summed E-state index contributed by atoms with van der Waals surface area (Å²) in [5, 5.41) is -0.272. The van der Waals surface area contributed by atoms with Crippen LogP contribution in [0, 0.1) is 6.92 Å². The number of aryl methyl sites for hydroxylation is 1. The predicted octanol–water partition coefficient (Wildman–Crippen LogP) is 2.69. The van der Waals surface area contributed by atoms with Crippen LogP contribution in [0.5, 0.6) is 0 Å². The van der Waals surface area contributed by atoms with Crippen molar-refractivity contribution in [2.24, 2.45) is 0 Å². The largest absolute Gasteiger partial charge is 0.428 e. The number of fused-ring (bicyclic) bond motifs is 1. The van der Waals surface area contributed by atoms with E-state index in [0.29, 0.717) is 16.8 Å². The smallest absolute Gasteiger partial charge is 0.316 e. The number of rotatable bonds is 3. The average molecular weight is 302 g/mol. The Kier molecular flexibility index (Phi) is 3.17. The lowest BCUT2D eigenvalue weighted by molar-refractivity contribution is 0.458. The Balaban J connectivity index is 2.02. The van der Waals surface area contributed by atoms with Crippen molar-refractivity contribution in [3.63, 3.8) is 0 Å². The number of nitrogen functional groups attached to an aromatic ring is 1. The van der Waals surface area contributed by atoms with Gasteiger partial charge in [0, 0.05) is 11.8 Å². The molecule has 0 spiro atoms. The summed E-state index contributed by atoms with van der Waals surface area (Å²) < 4.78 is 30.2. The van der Waals surface area contributed by atoms with Gasteiger partial charge in [0.15, 0.2) is 5.58 Å². The molecule has 0 radical (unpaired) electrons. The first-order valence-electron chi connectivity index (χ1n) is 6.39. The molecule has 21 heavy (non-hydrogen) atoms. The fourth-order valence-corrected chi connectivity index (χ4v) is 3.40. The number of benzene rings is 2. The van der Waals surface area contributed by atoms with Crippen LogP contribution in [0.3, 0.4) is 0 Å². The second kappa shape index (κ2) is 4.89. The molecule has 2 N–H and O–H groups in total. The molecule has 1 heterocycles. The second-order valence-electron chi connectivity index (χ2n) is 4.89. The molecule has 0 amide bonds. The van der Waals surface area contributed by atoms with Gasteiger partial charge in [-0.25, -0.2) is 8.42 Å². The van der Waals surface area contributed by atoms with E-state index in [1.807, 2.05) is 25.1 Å². The third-order valence-electron chi connectivity index (χ3n) is 3.27. The van der Waals surface area contributed by atoms with E-state index in [0.717, 1.165) is 11.1 Å². The fourth-order valence-electron chi connectivity index (χ4n) is 2.09. The van der Waals surface area contributed by atoms with Gasteiger partial charge in [-0.1, -0.05) is 24.3 Å². The van der Waals surface area contributed by atoms with Crippen LogP contribution in [0.1, 0.15) is 11.1 Å². The van der Waals surface area contributed by atoms with E-state index in [-0.39, 0.29) is 11.0 Å². The van der Waals surface area contributed by atoms with E-state index in [9.17, 15) is 8.42 Å². The molecule has 3 aromatic rings. The Morgan fingerprint density at radius 3 is 2.71 bits per heavy atom. The highest BCUT2D eigenvalue weighted by Gasteiger charge is 2.23. The molecule has 0 aliphatic rings. The van der Waals surface area contributed by atoms with Crippen molar-refractivity contribution in [2.75, 3.05) is 5.73 Å². The van der Waals surface area contributed by atoms with Gasteiger partial charge in [0.25, 0.3) is 0 Å². The number of aromatic nitrogens is 1. The van der Waals surface area contributed by atoms with E-state index >= 15 is 0 Å². The predicted molar refractivity (Wildman–Crippen MR) is 80.5 cm³/mol. The van der Waals surface area contributed by atoms with Gasteiger partial charge >= 0.3 is 5.22 Å². The molecule has 0 unspecified atom stereocenters. The van der Waals surface area contributed by atoms with Crippen molar-refractivity contribution in [1.82, 2.24) is 4.98 Å². The summed E-state index contributed by atoms with van der Waals surface area (Å²) in [6, 6.07) is 12.2. The standard InChI is InChI=1S/C15H14N2O3S/c1-10-4-2-3-5-11(10)9-21(18,19)15-17-13-7-6-12(16)8-14(13)20-15/h2-8H,9,16H2,1H3.